The summed E-state index contributed by atoms with van der Waals surface area (Å²) in [7, 11) is 0. The first kappa shape index (κ1) is 20.4. The molecular weight excluding hydrogens is 316 g/mol. The lowest BCUT2D eigenvalue weighted by molar-refractivity contribution is -0.123. The van der Waals surface area contributed by atoms with Crippen LogP contribution in [0.5, 0.6) is 0 Å². The zero-order valence-electron chi connectivity index (χ0n) is 17.3. The quantitative estimate of drug-likeness (QED) is 0.573. The minimum absolute atomic E-state index is 0.0327. The average molecular weight is 351 g/mol. The number of hydrogen-bond acceptors (Lipinski definition) is 1. The van der Waals surface area contributed by atoms with E-state index in [4.69, 9.17) is 0 Å². The highest BCUT2D eigenvalue weighted by Crippen LogP contribution is 2.55. The third kappa shape index (κ3) is 4.26. The molecule has 140 valence electrons. The molecule has 2 rings (SSSR count). The van der Waals surface area contributed by atoms with Crippen LogP contribution in [0.3, 0.4) is 0 Å². The predicted octanol–water partition coefficient (Wildman–Crippen LogP) is 6.61. The molecule has 0 saturated heterocycles. The van der Waals surface area contributed by atoms with E-state index in [1.54, 1.807) is 0 Å². The van der Waals surface area contributed by atoms with Gasteiger partial charge in [-0.25, -0.2) is 0 Å². The Balaban J connectivity index is 2.34. The van der Waals surface area contributed by atoms with Crippen LogP contribution in [0, 0.1) is 10.8 Å². The monoisotopic (exact) mass is 350 g/mol. The van der Waals surface area contributed by atoms with Gasteiger partial charge in [-0.2, -0.15) is 0 Å². The molecular formula is C25H34O. The maximum atomic E-state index is 13.1. The highest BCUT2D eigenvalue weighted by Gasteiger charge is 2.52. The number of benzene rings is 2. The standard InChI is InChI=1S/C25H34O/c1-23(2,3)25(24(4,5)6,21-15-11-8-12-16-21)19-22(26)18-17-20-13-9-7-10-14-20/h7-16H,17-19H2,1-6H3. The van der Waals surface area contributed by atoms with E-state index in [0.29, 0.717) is 18.6 Å². The van der Waals surface area contributed by atoms with E-state index in [9.17, 15) is 4.79 Å². The molecule has 0 radical (unpaired) electrons. The number of rotatable bonds is 6. The van der Waals surface area contributed by atoms with Crippen LogP contribution >= 0.6 is 0 Å². The second kappa shape index (κ2) is 7.78. The summed E-state index contributed by atoms with van der Waals surface area (Å²) in [5.41, 5.74) is 2.23. The van der Waals surface area contributed by atoms with Crippen molar-refractivity contribution < 1.29 is 4.79 Å². The fourth-order valence-corrected chi connectivity index (χ4v) is 4.66. The number of hydrogen-bond donors (Lipinski definition) is 0. The van der Waals surface area contributed by atoms with Crippen LogP contribution in [0.1, 0.15) is 65.5 Å². The number of carbonyl (C=O) groups excluding carboxylic acids is 1. The number of ketones is 1. The fourth-order valence-electron chi connectivity index (χ4n) is 4.66. The van der Waals surface area contributed by atoms with Crippen LogP contribution in [0.4, 0.5) is 0 Å². The number of aryl methyl sites for hydroxylation is 1. The Bertz CT molecular complexity index is 685. The Kier molecular flexibility index (Phi) is 6.11. The number of carbonyl (C=O) groups is 1. The summed E-state index contributed by atoms with van der Waals surface area (Å²) in [5.74, 6) is 0.350. The summed E-state index contributed by atoms with van der Waals surface area (Å²) in [6.45, 7) is 13.6. The second-order valence-corrected chi connectivity index (χ2v) is 9.47. The SMILES string of the molecule is CC(C)(C)C(CC(=O)CCc1ccccc1)(c1ccccc1)C(C)(C)C. The maximum Gasteiger partial charge on any atom is 0.134 e. The summed E-state index contributed by atoms with van der Waals surface area (Å²) in [6, 6.07) is 20.9. The molecule has 0 unspecified atom stereocenters. The van der Waals surface area contributed by atoms with Crippen molar-refractivity contribution in [3.63, 3.8) is 0 Å². The van der Waals surface area contributed by atoms with Gasteiger partial charge in [-0.05, 0) is 28.4 Å². The van der Waals surface area contributed by atoms with Crippen molar-refractivity contribution >= 4 is 5.78 Å². The lowest BCUT2D eigenvalue weighted by Gasteiger charge is -2.54. The average Bonchev–Trinajstić information content (AvgIpc) is 2.57. The van der Waals surface area contributed by atoms with E-state index in [1.165, 1.54) is 11.1 Å². The van der Waals surface area contributed by atoms with Gasteiger partial charge >= 0.3 is 0 Å². The first-order chi connectivity index (χ1) is 12.1. The van der Waals surface area contributed by atoms with Crippen LogP contribution in [-0.2, 0) is 16.6 Å². The molecule has 0 amide bonds. The Morgan fingerprint density at radius 1 is 0.731 bits per heavy atom. The van der Waals surface area contributed by atoms with Crippen molar-refractivity contribution in [2.24, 2.45) is 10.8 Å². The maximum absolute atomic E-state index is 13.1. The van der Waals surface area contributed by atoms with E-state index in [2.05, 4.69) is 84.0 Å². The zero-order chi connectivity index (χ0) is 19.4. The predicted molar refractivity (Wildman–Crippen MR) is 111 cm³/mol. The van der Waals surface area contributed by atoms with Crippen molar-refractivity contribution in [2.75, 3.05) is 0 Å². The normalized spacial score (nSPS) is 12.8. The summed E-state index contributed by atoms with van der Waals surface area (Å²) in [4.78, 5) is 13.1. The topological polar surface area (TPSA) is 17.1 Å². The fraction of sp³-hybridized carbons (Fsp3) is 0.480. The third-order valence-electron chi connectivity index (χ3n) is 5.82. The van der Waals surface area contributed by atoms with Gasteiger partial charge in [-0.1, -0.05) is 102 Å². The Labute approximate surface area is 159 Å². The molecule has 1 heteroatoms. The van der Waals surface area contributed by atoms with Gasteiger partial charge in [0.15, 0.2) is 0 Å². The van der Waals surface area contributed by atoms with Crippen LogP contribution in [-0.4, -0.2) is 5.78 Å². The smallest absolute Gasteiger partial charge is 0.134 e. The van der Waals surface area contributed by atoms with Crippen molar-refractivity contribution in [3.05, 3.63) is 71.8 Å². The molecule has 0 aliphatic carbocycles. The van der Waals surface area contributed by atoms with Gasteiger partial charge in [0.2, 0.25) is 0 Å². The van der Waals surface area contributed by atoms with Gasteiger partial charge < -0.3 is 0 Å². The van der Waals surface area contributed by atoms with Gasteiger partial charge in [0.25, 0.3) is 0 Å². The van der Waals surface area contributed by atoms with E-state index in [-0.39, 0.29) is 16.2 Å². The molecule has 0 saturated carbocycles. The second-order valence-electron chi connectivity index (χ2n) is 9.47. The molecule has 0 atom stereocenters. The van der Waals surface area contributed by atoms with Gasteiger partial charge in [0.05, 0.1) is 0 Å². The van der Waals surface area contributed by atoms with Crippen LogP contribution in [0.25, 0.3) is 0 Å². The molecule has 0 aliphatic rings. The van der Waals surface area contributed by atoms with Crippen molar-refractivity contribution in [1.82, 2.24) is 0 Å². The minimum Gasteiger partial charge on any atom is -0.300 e. The summed E-state index contributed by atoms with van der Waals surface area (Å²) in [6.07, 6.45) is 2.00. The third-order valence-corrected chi connectivity index (χ3v) is 5.82. The van der Waals surface area contributed by atoms with Crippen molar-refractivity contribution in [3.8, 4) is 0 Å². The molecule has 0 aromatic heterocycles. The molecule has 0 N–H and O–H groups in total. The van der Waals surface area contributed by atoms with Crippen molar-refractivity contribution in [2.45, 2.75) is 66.2 Å². The van der Waals surface area contributed by atoms with Crippen LogP contribution in [0.2, 0.25) is 0 Å². The van der Waals surface area contributed by atoms with E-state index in [1.807, 2.05) is 18.2 Å². The molecule has 0 bridgehead atoms. The lowest BCUT2D eigenvalue weighted by Crippen LogP contribution is -2.51. The Hall–Kier alpha value is -1.89. The summed E-state index contributed by atoms with van der Waals surface area (Å²) < 4.78 is 0. The van der Waals surface area contributed by atoms with Gasteiger partial charge in [-0.15, -0.1) is 0 Å². The molecule has 0 heterocycles. The molecule has 0 aliphatic heterocycles. The molecule has 26 heavy (non-hydrogen) atoms. The van der Waals surface area contributed by atoms with Gasteiger partial charge in [0, 0.05) is 18.3 Å². The minimum atomic E-state index is -0.213. The van der Waals surface area contributed by atoms with Crippen LogP contribution in [0.15, 0.2) is 60.7 Å². The van der Waals surface area contributed by atoms with Gasteiger partial charge in [-0.3, -0.25) is 4.79 Å². The molecule has 1 nitrogen and oxygen atoms in total. The largest absolute Gasteiger partial charge is 0.300 e. The molecule has 2 aromatic carbocycles. The van der Waals surface area contributed by atoms with E-state index in [0.717, 1.165) is 6.42 Å². The zero-order valence-corrected chi connectivity index (χ0v) is 17.3. The molecule has 0 fully saturated rings. The summed E-state index contributed by atoms with van der Waals surface area (Å²) in [5, 5.41) is 0. The van der Waals surface area contributed by atoms with E-state index < -0.39 is 0 Å². The molecule has 2 aromatic rings. The molecule has 0 spiro atoms. The lowest BCUT2D eigenvalue weighted by atomic mass is 9.49. The Morgan fingerprint density at radius 2 is 1.19 bits per heavy atom. The van der Waals surface area contributed by atoms with Gasteiger partial charge in [0.1, 0.15) is 5.78 Å². The first-order valence-corrected chi connectivity index (χ1v) is 9.69. The summed E-state index contributed by atoms with van der Waals surface area (Å²) >= 11 is 0. The first-order valence-electron chi connectivity index (χ1n) is 9.69. The number of Topliss-reactive ketones (excluding diaryl/α,β-unsaturated/α-hetero) is 1. The highest BCUT2D eigenvalue weighted by molar-refractivity contribution is 5.80. The van der Waals surface area contributed by atoms with Crippen molar-refractivity contribution in [1.29, 1.82) is 0 Å². The van der Waals surface area contributed by atoms with Crippen LogP contribution < -0.4 is 0 Å². The highest BCUT2D eigenvalue weighted by atomic mass is 16.1. The van der Waals surface area contributed by atoms with E-state index >= 15 is 0 Å². The Morgan fingerprint density at radius 3 is 1.65 bits per heavy atom.